The predicted octanol–water partition coefficient (Wildman–Crippen LogP) is 4.15. The third-order valence-electron chi connectivity index (χ3n) is 3.96. The van der Waals surface area contributed by atoms with Gasteiger partial charge in [-0.2, -0.15) is 4.68 Å². The molecule has 0 fully saturated rings. The van der Waals surface area contributed by atoms with Gasteiger partial charge in [-0.25, -0.2) is 4.98 Å². The lowest BCUT2D eigenvalue weighted by Gasteiger charge is -1.97. The zero-order valence-electron chi connectivity index (χ0n) is 13.8. The molecule has 4 aromatic rings. The van der Waals surface area contributed by atoms with Gasteiger partial charge in [-0.3, -0.25) is 14.9 Å². The first-order valence-electron chi connectivity index (χ1n) is 7.85. The Labute approximate surface area is 152 Å². The average Bonchev–Trinajstić information content (AvgIpc) is 3.31. The van der Waals surface area contributed by atoms with E-state index < -0.39 is 0 Å². The highest BCUT2D eigenvalue weighted by atomic mass is 32.1. The second-order valence-electron chi connectivity index (χ2n) is 5.70. The largest absolute Gasteiger partial charge is 0.293 e. The maximum atomic E-state index is 12.9. The Balaban J connectivity index is 1.73. The summed E-state index contributed by atoms with van der Waals surface area (Å²) in [5.74, 6) is 0. The molecule has 5 nitrogen and oxygen atoms in total. The van der Waals surface area contributed by atoms with Crippen LogP contribution in [0.15, 0.2) is 51.6 Å². The summed E-state index contributed by atoms with van der Waals surface area (Å²) in [6.07, 6.45) is 0. The van der Waals surface area contributed by atoms with Gasteiger partial charge < -0.3 is 0 Å². The van der Waals surface area contributed by atoms with Crippen molar-refractivity contribution in [2.24, 2.45) is 4.99 Å². The number of benzene rings is 1. The molecule has 0 saturated carbocycles. The lowest BCUT2D eigenvalue weighted by Crippen LogP contribution is -2.19. The number of hydrogen-bond acceptors (Lipinski definition) is 5. The molecule has 0 radical (unpaired) electrons. The van der Waals surface area contributed by atoms with Crippen LogP contribution in [0, 0.1) is 6.92 Å². The minimum absolute atomic E-state index is 0.107. The smallest absolute Gasteiger partial charge is 0.282 e. The Kier molecular flexibility index (Phi) is 4.10. The number of fused-ring (bicyclic) bond motifs is 1. The van der Waals surface area contributed by atoms with E-state index in [4.69, 9.17) is 0 Å². The fraction of sp³-hybridized carbons (Fsp3) is 0.167. The number of thiazole rings is 1. The van der Waals surface area contributed by atoms with Gasteiger partial charge in [0, 0.05) is 16.3 Å². The summed E-state index contributed by atoms with van der Waals surface area (Å²) in [7, 11) is 0. The SMILES string of the molecule is CC(=NCc1cccs1)c1c(C)[nH]n(-c2nc3ccccc3s2)c1=O. The van der Waals surface area contributed by atoms with Gasteiger partial charge in [0.2, 0.25) is 5.13 Å². The monoisotopic (exact) mass is 368 g/mol. The van der Waals surface area contributed by atoms with Gasteiger partial charge in [0.05, 0.1) is 22.3 Å². The van der Waals surface area contributed by atoms with Crippen molar-refractivity contribution in [3.63, 3.8) is 0 Å². The van der Waals surface area contributed by atoms with Crippen molar-refractivity contribution in [1.82, 2.24) is 14.8 Å². The standard InChI is InChI=1S/C18H16N4OS2/c1-11(19-10-13-6-5-9-24-13)16-12(2)21-22(17(16)23)18-20-14-7-3-4-8-15(14)25-18/h3-9,21H,10H2,1-2H3. The molecule has 1 N–H and O–H groups in total. The van der Waals surface area contributed by atoms with Crippen LogP contribution in [-0.2, 0) is 6.54 Å². The van der Waals surface area contributed by atoms with Crippen molar-refractivity contribution < 1.29 is 0 Å². The number of nitrogens with zero attached hydrogens (tertiary/aromatic N) is 3. The Morgan fingerprint density at radius 2 is 2.12 bits per heavy atom. The summed E-state index contributed by atoms with van der Waals surface area (Å²) in [6.45, 7) is 4.37. The molecule has 0 bridgehead atoms. The van der Waals surface area contributed by atoms with Crippen molar-refractivity contribution in [2.45, 2.75) is 20.4 Å². The highest BCUT2D eigenvalue weighted by Gasteiger charge is 2.17. The van der Waals surface area contributed by atoms with Crippen molar-refractivity contribution in [2.75, 3.05) is 0 Å². The molecule has 7 heteroatoms. The molecule has 0 aliphatic rings. The van der Waals surface area contributed by atoms with Crippen LogP contribution in [0.2, 0.25) is 0 Å². The van der Waals surface area contributed by atoms with E-state index in [9.17, 15) is 4.79 Å². The Bertz CT molecular complexity index is 1080. The lowest BCUT2D eigenvalue weighted by molar-refractivity contribution is 0.829. The topological polar surface area (TPSA) is 63.0 Å². The number of nitrogens with one attached hydrogen (secondary N) is 1. The Morgan fingerprint density at radius 3 is 2.88 bits per heavy atom. The van der Waals surface area contributed by atoms with E-state index in [1.54, 1.807) is 11.3 Å². The van der Waals surface area contributed by atoms with Crippen molar-refractivity contribution in [3.8, 4) is 5.13 Å². The van der Waals surface area contributed by atoms with Gasteiger partial charge in [-0.1, -0.05) is 29.5 Å². The molecule has 0 aliphatic carbocycles. The third kappa shape index (κ3) is 2.96. The number of aryl methyl sites for hydroxylation is 1. The van der Waals surface area contributed by atoms with Gasteiger partial charge >= 0.3 is 0 Å². The zero-order chi connectivity index (χ0) is 17.4. The van der Waals surface area contributed by atoms with Crippen LogP contribution in [0.5, 0.6) is 0 Å². The molecular weight excluding hydrogens is 352 g/mol. The van der Waals surface area contributed by atoms with Crippen LogP contribution in [0.4, 0.5) is 0 Å². The van der Waals surface area contributed by atoms with Crippen LogP contribution in [0.1, 0.15) is 23.1 Å². The lowest BCUT2D eigenvalue weighted by atomic mass is 10.2. The number of H-pyrrole nitrogens is 1. The third-order valence-corrected chi connectivity index (χ3v) is 5.84. The van der Waals surface area contributed by atoms with E-state index in [0.717, 1.165) is 21.6 Å². The predicted molar refractivity (Wildman–Crippen MR) is 105 cm³/mol. The molecule has 0 amide bonds. The average molecular weight is 368 g/mol. The molecule has 0 atom stereocenters. The van der Waals surface area contributed by atoms with Crippen LogP contribution in [0.3, 0.4) is 0 Å². The highest BCUT2D eigenvalue weighted by Crippen LogP contribution is 2.23. The molecule has 0 unspecified atom stereocenters. The molecule has 0 spiro atoms. The molecule has 126 valence electrons. The number of hydrogen-bond donors (Lipinski definition) is 1. The van der Waals surface area contributed by atoms with Crippen molar-refractivity contribution in [3.05, 3.63) is 68.3 Å². The fourth-order valence-electron chi connectivity index (χ4n) is 2.74. The summed E-state index contributed by atoms with van der Waals surface area (Å²) in [6, 6.07) is 11.9. The molecule has 3 aromatic heterocycles. The number of aliphatic imine (C=N–C) groups is 1. The van der Waals surface area contributed by atoms with Gasteiger partial charge in [0.15, 0.2) is 0 Å². The molecule has 4 rings (SSSR count). The Morgan fingerprint density at radius 1 is 1.28 bits per heavy atom. The number of rotatable bonds is 4. The molecule has 1 aromatic carbocycles. The van der Waals surface area contributed by atoms with Gasteiger partial charge in [0.25, 0.3) is 5.56 Å². The van der Waals surface area contributed by atoms with Crippen LogP contribution < -0.4 is 5.56 Å². The maximum absolute atomic E-state index is 12.9. The first kappa shape index (κ1) is 16.0. The minimum Gasteiger partial charge on any atom is -0.293 e. The molecule has 0 aliphatic heterocycles. The summed E-state index contributed by atoms with van der Waals surface area (Å²) >= 11 is 3.16. The number of thiophene rings is 1. The normalized spacial score (nSPS) is 12.2. The van der Waals surface area contributed by atoms with E-state index in [0.29, 0.717) is 17.2 Å². The molecule has 3 heterocycles. The van der Waals surface area contributed by atoms with E-state index in [-0.39, 0.29) is 5.56 Å². The number of para-hydroxylation sites is 1. The number of aromatic nitrogens is 3. The zero-order valence-corrected chi connectivity index (χ0v) is 15.4. The van der Waals surface area contributed by atoms with E-state index in [1.807, 2.05) is 55.6 Å². The van der Waals surface area contributed by atoms with Gasteiger partial charge in [0.1, 0.15) is 0 Å². The van der Waals surface area contributed by atoms with Crippen molar-refractivity contribution >= 4 is 38.6 Å². The summed E-state index contributed by atoms with van der Waals surface area (Å²) in [4.78, 5) is 23.2. The first-order valence-corrected chi connectivity index (χ1v) is 9.54. The van der Waals surface area contributed by atoms with Crippen LogP contribution in [0.25, 0.3) is 15.3 Å². The molecular formula is C18H16N4OS2. The van der Waals surface area contributed by atoms with Crippen LogP contribution in [-0.4, -0.2) is 20.5 Å². The maximum Gasteiger partial charge on any atom is 0.282 e. The summed E-state index contributed by atoms with van der Waals surface area (Å²) in [5.41, 5.74) is 2.95. The minimum atomic E-state index is -0.107. The second kappa shape index (κ2) is 6.42. The Hall–Kier alpha value is -2.51. The molecule has 0 saturated heterocycles. The van der Waals surface area contributed by atoms with Gasteiger partial charge in [-0.15, -0.1) is 11.3 Å². The summed E-state index contributed by atoms with van der Waals surface area (Å²) in [5, 5.41) is 5.81. The van der Waals surface area contributed by atoms with Crippen molar-refractivity contribution in [1.29, 1.82) is 0 Å². The van der Waals surface area contributed by atoms with E-state index in [2.05, 4.69) is 15.1 Å². The fourth-order valence-corrected chi connectivity index (χ4v) is 4.29. The van der Waals surface area contributed by atoms with Gasteiger partial charge in [-0.05, 0) is 37.4 Å². The van der Waals surface area contributed by atoms with E-state index in [1.165, 1.54) is 20.9 Å². The molecule has 25 heavy (non-hydrogen) atoms. The first-order chi connectivity index (χ1) is 12.1. The second-order valence-corrected chi connectivity index (χ2v) is 7.74. The van der Waals surface area contributed by atoms with E-state index >= 15 is 0 Å². The van der Waals surface area contributed by atoms with Crippen LogP contribution >= 0.6 is 22.7 Å². The number of aromatic amines is 1. The summed E-state index contributed by atoms with van der Waals surface area (Å²) < 4.78 is 2.57. The quantitative estimate of drug-likeness (QED) is 0.550. The highest BCUT2D eigenvalue weighted by molar-refractivity contribution is 7.20.